The van der Waals surface area contributed by atoms with Crippen molar-refractivity contribution in [1.29, 1.82) is 0 Å². The summed E-state index contributed by atoms with van der Waals surface area (Å²) in [5.41, 5.74) is 2.73. The average Bonchev–Trinajstić information content (AvgIpc) is 2.27. The molecule has 0 atom stereocenters. The minimum absolute atomic E-state index is 0.279. The molecule has 15 heavy (non-hydrogen) atoms. The predicted octanol–water partition coefficient (Wildman–Crippen LogP) is 2.20. The lowest BCUT2D eigenvalue weighted by Gasteiger charge is -2.17. The predicted molar refractivity (Wildman–Crippen MR) is 61.4 cm³/mol. The van der Waals surface area contributed by atoms with Crippen LogP contribution in [0.1, 0.15) is 47.3 Å². The Labute approximate surface area is 93.7 Å². The number of hydrogen-bond donors (Lipinski definition) is 0. The highest BCUT2D eigenvalue weighted by Crippen LogP contribution is 2.25. The van der Waals surface area contributed by atoms with Gasteiger partial charge < -0.3 is 0 Å². The van der Waals surface area contributed by atoms with Crippen LogP contribution in [0.3, 0.4) is 0 Å². The fraction of sp³-hybridized carbons (Fsp3) is 0.545. The molecule has 0 bridgehead atoms. The van der Waals surface area contributed by atoms with Gasteiger partial charge in [0.05, 0.1) is 5.69 Å². The first-order valence-corrected chi connectivity index (χ1v) is 6.30. The molecular formula is C11H14N2OS. The van der Waals surface area contributed by atoms with E-state index in [1.165, 1.54) is 0 Å². The summed E-state index contributed by atoms with van der Waals surface area (Å²) in [6, 6.07) is 0. The maximum atomic E-state index is 11.0. The molecule has 1 aromatic rings. The van der Waals surface area contributed by atoms with Crippen LogP contribution >= 0.6 is 11.8 Å². The number of aromatic nitrogens is 2. The number of fused-ring (bicyclic) bond motifs is 1. The zero-order valence-corrected chi connectivity index (χ0v) is 9.80. The van der Waals surface area contributed by atoms with Crippen LogP contribution in [0, 0.1) is 0 Å². The summed E-state index contributed by atoms with van der Waals surface area (Å²) < 4.78 is 0. The number of nitrogens with zero attached hydrogens (tertiary/aromatic N) is 2. The van der Waals surface area contributed by atoms with Crippen molar-refractivity contribution in [2.24, 2.45) is 0 Å². The summed E-state index contributed by atoms with van der Waals surface area (Å²) in [7, 11) is 0. The zero-order valence-electron chi connectivity index (χ0n) is 8.99. The molecule has 0 saturated carbocycles. The second-order valence-electron chi connectivity index (χ2n) is 3.97. The Bertz CT molecular complexity index is 390. The molecule has 0 spiro atoms. The molecule has 0 unspecified atom stereocenters. The summed E-state index contributed by atoms with van der Waals surface area (Å²) in [5, 5.41) is 0. The third-order valence-corrected chi connectivity index (χ3v) is 3.48. The van der Waals surface area contributed by atoms with Crippen molar-refractivity contribution < 1.29 is 4.79 Å². The second kappa shape index (κ2) is 4.31. The highest BCUT2D eigenvalue weighted by Gasteiger charge is 2.18. The molecule has 0 aromatic carbocycles. The molecule has 1 aromatic heterocycles. The summed E-state index contributed by atoms with van der Waals surface area (Å²) in [5.74, 6) is 3.05. The fourth-order valence-corrected chi connectivity index (χ4v) is 2.58. The molecule has 2 heterocycles. The van der Waals surface area contributed by atoms with E-state index >= 15 is 0 Å². The van der Waals surface area contributed by atoms with Crippen LogP contribution < -0.4 is 0 Å². The third-order valence-electron chi connectivity index (χ3n) is 2.51. The Morgan fingerprint density at radius 2 is 2.20 bits per heavy atom. The maximum Gasteiger partial charge on any atom is 0.168 e. The number of rotatable bonds is 2. The Hall–Kier alpha value is -0.900. The topological polar surface area (TPSA) is 42.9 Å². The van der Waals surface area contributed by atoms with E-state index in [1.54, 1.807) is 0 Å². The SMILES string of the molecule is CC(C)c1nc(C=O)c2c(n1)CSCC2. The van der Waals surface area contributed by atoms with Gasteiger partial charge in [-0.25, -0.2) is 9.97 Å². The van der Waals surface area contributed by atoms with Crippen LogP contribution in [0.2, 0.25) is 0 Å². The molecule has 0 radical (unpaired) electrons. The lowest BCUT2D eigenvalue weighted by atomic mass is 10.1. The first kappa shape index (κ1) is 10.6. The molecule has 0 aliphatic carbocycles. The van der Waals surface area contributed by atoms with Gasteiger partial charge in [-0.15, -0.1) is 0 Å². The molecule has 80 valence electrons. The molecule has 3 nitrogen and oxygen atoms in total. The highest BCUT2D eigenvalue weighted by atomic mass is 32.2. The van der Waals surface area contributed by atoms with Crippen LogP contribution in [0.25, 0.3) is 0 Å². The first-order chi connectivity index (χ1) is 7.22. The van der Waals surface area contributed by atoms with Gasteiger partial charge in [-0.3, -0.25) is 4.79 Å². The Balaban J connectivity index is 2.52. The van der Waals surface area contributed by atoms with E-state index in [0.717, 1.165) is 41.3 Å². The molecule has 2 rings (SSSR count). The number of carbonyl (C=O) groups excluding carboxylic acids is 1. The zero-order chi connectivity index (χ0) is 10.8. The van der Waals surface area contributed by atoms with Gasteiger partial charge in [0, 0.05) is 17.2 Å². The van der Waals surface area contributed by atoms with Gasteiger partial charge in [-0.2, -0.15) is 11.8 Å². The molecule has 0 saturated heterocycles. The summed E-state index contributed by atoms with van der Waals surface area (Å²) in [6.07, 6.45) is 1.79. The van der Waals surface area contributed by atoms with Gasteiger partial charge >= 0.3 is 0 Å². The molecule has 0 fully saturated rings. The van der Waals surface area contributed by atoms with E-state index in [-0.39, 0.29) is 5.92 Å². The first-order valence-electron chi connectivity index (χ1n) is 5.15. The van der Waals surface area contributed by atoms with E-state index in [1.807, 2.05) is 25.6 Å². The number of aldehydes is 1. The monoisotopic (exact) mass is 222 g/mol. The molecule has 4 heteroatoms. The van der Waals surface area contributed by atoms with Crippen molar-refractivity contribution >= 4 is 18.0 Å². The standard InChI is InChI=1S/C11H14N2OS/c1-7(2)11-12-9(5-14)8-3-4-15-6-10(8)13-11/h5,7H,3-4,6H2,1-2H3. The van der Waals surface area contributed by atoms with E-state index in [9.17, 15) is 4.79 Å². The van der Waals surface area contributed by atoms with Gasteiger partial charge in [0.1, 0.15) is 11.5 Å². The number of thioether (sulfide) groups is 1. The van der Waals surface area contributed by atoms with Crippen molar-refractivity contribution in [3.05, 3.63) is 22.8 Å². The van der Waals surface area contributed by atoms with Crippen molar-refractivity contribution in [1.82, 2.24) is 9.97 Å². The van der Waals surface area contributed by atoms with Gasteiger partial charge in [-0.1, -0.05) is 13.8 Å². The quantitative estimate of drug-likeness (QED) is 0.719. The average molecular weight is 222 g/mol. The van der Waals surface area contributed by atoms with Crippen LogP contribution in [0.5, 0.6) is 0 Å². The van der Waals surface area contributed by atoms with Crippen LogP contribution in [-0.4, -0.2) is 22.0 Å². The summed E-state index contributed by atoms with van der Waals surface area (Å²) in [4.78, 5) is 19.8. The van der Waals surface area contributed by atoms with Gasteiger partial charge in [-0.05, 0) is 12.2 Å². The summed E-state index contributed by atoms with van der Waals surface area (Å²) >= 11 is 1.87. The second-order valence-corrected chi connectivity index (χ2v) is 5.07. The van der Waals surface area contributed by atoms with Crippen LogP contribution in [0.15, 0.2) is 0 Å². The molecular weight excluding hydrogens is 208 g/mol. The molecule has 0 N–H and O–H groups in total. The van der Waals surface area contributed by atoms with Crippen LogP contribution in [-0.2, 0) is 12.2 Å². The minimum atomic E-state index is 0.279. The normalized spacial score (nSPS) is 15.1. The van der Waals surface area contributed by atoms with E-state index in [0.29, 0.717) is 5.69 Å². The van der Waals surface area contributed by atoms with Crippen molar-refractivity contribution in [2.75, 3.05) is 5.75 Å². The minimum Gasteiger partial charge on any atom is -0.296 e. The third kappa shape index (κ3) is 2.04. The number of carbonyl (C=O) groups is 1. The molecule has 1 aliphatic heterocycles. The number of hydrogen-bond acceptors (Lipinski definition) is 4. The van der Waals surface area contributed by atoms with Crippen molar-refractivity contribution in [2.45, 2.75) is 31.9 Å². The largest absolute Gasteiger partial charge is 0.296 e. The smallest absolute Gasteiger partial charge is 0.168 e. The Kier molecular flexibility index (Phi) is 3.05. The lowest BCUT2D eigenvalue weighted by Crippen LogP contribution is -2.14. The fourth-order valence-electron chi connectivity index (χ4n) is 1.66. The lowest BCUT2D eigenvalue weighted by molar-refractivity contribution is 0.111. The molecule has 1 aliphatic rings. The summed E-state index contributed by atoms with van der Waals surface area (Å²) in [6.45, 7) is 4.10. The van der Waals surface area contributed by atoms with Gasteiger partial charge in [0.15, 0.2) is 6.29 Å². The van der Waals surface area contributed by atoms with E-state index in [2.05, 4.69) is 9.97 Å². The Morgan fingerprint density at radius 3 is 2.87 bits per heavy atom. The molecule has 0 amide bonds. The van der Waals surface area contributed by atoms with Gasteiger partial charge in [0.25, 0.3) is 0 Å². The maximum absolute atomic E-state index is 11.0. The van der Waals surface area contributed by atoms with Crippen molar-refractivity contribution in [3.63, 3.8) is 0 Å². The van der Waals surface area contributed by atoms with E-state index in [4.69, 9.17) is 0 Å². The Morgan fingerprint density at radius 1 is 1.40 bits per heavy atom. The van der Waals surface area contributed by atoms with Crippen molar-refractivity contribution in [3.8, 4) is 0 Å². The highest BCUT2D eigenvalue weighted by molar-refractivity contribution is 7.98. The van der Waals surface area contributed by atoms with Gasteiger partial charge in [0.2, 0.25) is 0 Å². The van der Waals surface area contributed by atoms with E-state index < -0.39 is 0 Å². The van der Waals surface area contributed by atoms with Crippen LogP contribution in [0.4, 0.5) is 0 Å².